The van der Waals surface area contributed by atoms with Crippen LogP contribution in [0.1, 0.15) is 31.5 Å². The maximum absolute atomic E-state index is 12.4. The van der Waals surface area contributed by atoms with Crippen molar-refractivity contribution in [2.45, 2.75) is 43.5 Å². The smallest absolute Gasteiger partial charge is 0.258 e. The molecule has 4 rings (SSSR count). The number of H-pyrrole nitrogens is 1. The van der Waals surface area contributed by atoms with Gasteiger partial charge in [-0.2, -0.15) is 0 Å². The van der Waals surface area contributed by atoms with Crippen LogP contribution in [0, 0.1) is 0 Å². The van der Waals surface area contributed by atoms with Crippen molar-refractivity contribution in [2.24, 2.45) is 4.99 Å². The third-order valence-corrected chi connectivity index (χ3v) is 5.84. The van der Waals surface area contributed by atoms with E-state index in [0.717, 1.165) is 11.6 Å². The van der Waals surface area contributed by atoms with Gasteiger partial charge in [0, 0.05) is 6.07 Å². The van der Waals surface area contributed by atoms with Crippen molar-refractivity contribution >= 4 is 27.8 Å². The monoisotopic (exact) mass is 374 g/mol. The first-order valence-electron chi connectivity index (χ1n) is 8.80. The maximum atomic E-state index is 12.4. The van der Waals surface area contributed by atoms with Crippen LogP contribution >= 0.6 is 11.8 Å². The number of aliphatic imine (C=N–C) groups is 1. The maximum Gasteiger partial charge on any atom is 0.258 e. The van der Waals surface area contributed by atoms with Crippen LogP contribution in [-0.2, 0) is 5.75 Å². The largest absolute Gasteiger partial charge is 0.493 e. The van der Waals surface area contributed by atoms with Crippen molar-refractivity contribution in [2.75, 3.05) is 14.2 Å². The van der Waals surface area contributed by atoms with Crippen LogP contribution in [0.15, 0.2) is 21.9 Å². The topological polar surface area (TPSA) is 88.6 Å². The fraction of sp³-hybridized carbons (Fsp3) is 0.500. The van der Waals surface area contributed by atoms with Crippen molar-refractivity contribution in [3.05, 3.63) is 28.3 Å². The Morgan fingerprint density at radius 2 is 1.96 bits per heavy atom. The van der Waals surface area contributed by atoms with Crippen LogP contribution in [0.5, 0.6) is 11.5 Å². The van der Waals surface area contributed by atoms with Gasteiger partial charge in [0.1, 0.15) is 5.82 Å². The van der Waals surface area contributed by atoms with Gasteiger partial charge in [0.15, 0.2) is 16.7 Å². The number of benzene rings is 1. The van der Waals surface area contributed by atoms with Gasteiger partial charge < -0.3 is 19.8 Å². The first-order chi connectivity index (χ1) is 12.7. The molecule has 0 saturated heterocycles. The second-order valence-electron chi connectivity index (χ2n) is 6.56. The molecule has 1 saturated carbocycles. The number of aromatic amines is 1. The van der Waals surface area contributed by atoms with Crippen LogP contribution in [0.2, 0.25) is 0 Å². The highest BCUT2D eigenvalue weighted by Crippen LogP contribution is 2.30. The Labute approximate surface area is 155 Å². The molecule has 138 valence electrons. The molecule has 1 fully saturated rings. The van der Waals surface area contributed by atoms with Crippen LogP contribution in [0.3, 0.4) is 0 Å². The summed E-state index contributed by atoms with van der Waals surface area (Å²) in [6.45, 7) is 0. The van der Waals surface area contributed by atoms with Gasteiger partial charge in [0.05, 0.1) is 43.0 Å². The van der Waals surface area contributed by atoms with E-state index in [1.165, 1.54) is 19.3 Å². The molecule has 0 spiro atoms. The molecule has 1 aromatic heterocycles. The normalized spacial score (nSPS) is 21.8. The highest BCUT2D eigenvalue weighted by Gasteiger charge is 2.30. The van der Waals surface area contributed by atoms with E-state index in [2.05, 4.69) is 15.3 Å². The number of nitrogens with zero attached hydrogens (tertiary/aromatic N) is 2. The SMILES string of the molecule is COc1cc2nc(CSC3=N[C@H]4CCCC[C@H]4N3)[nH]c(=O)c2cc1OC. The molecule has 1 aliphatic carbocycles. The Morgan fingerprint density at radius 3 is 2.73 bits per heavy atom. The van der Waals surface area contributed by atoms with Crippen LogP contribution in [-0.4, -0.2) is 41.4 Å². The number of hydrogen-bond acceptors (Lipinski definition) is 7. The van der Waals surface area contributed by atoms with Gasteiger partial charge in [0.25, 0.3) is 5.56 Å². The first-order valence-corrected chi connectivity index (χ1v) is 9.78. The van der Waals surface area contributed by atoms with Crippen molar-refractivity contribution in [3.8, 4) is 11.5 Å². The van der Waals surface area contributed by atoms with Crippen LogP contribution in [0.25, 0.3) is 10.9 Å². The minimum absolute atomic E-state index is 0.179. The van der Waals surface area contributed by atoms with E-state index < -0.39 is 0 Å². The highest BCUT2D eigenvalue weighted by atomic mass is 32.2. The molecular formula is C18H22N4O3S. The summed E-state index contributed by atoms with van der Waals surface area (Å²) in [7, 11) is 3.11. The lowest BCUT2D eigenvalue weighted by molar-refractivity contribution is 0.355. The van der Waals surface area contributed by atoms with Crippen LogP contribution < -0.4 is 20.3 Å². The molecule has 7 nitrogen and oxygen atoms in total. The van der Waals surface area contributed by atoms with Crippen LogP contribution in [0.4, 0.5) is 0 Å². The molecule has 1 aliphatic heterocycles. The molecule has 2 aromatic rings. The summed E-state index contributed by atoms with van der Waals surface area (Å²) in [6.07, 6.45) is 4.88. The molecule has 2 heterocycles. The second-order valence-corrected chi connectivity index (χ2v) is 7.53. The molecule has 2 N–H and O–H groups in total. The number of hydrogen-bond donors (Lipinski definition) is 2. The molecule has 0 radical (unpaired) electrons. The number of rotatable bonds is 4. The summed E-state index contributed by atoms with van der Waals surface area (Å²) in [6, 6.07) is 4.28. The molecule has 2 atom stereocenters. The average Bonchev–Trinajstić information content (AvgIpc) is 3.08. The van der Waals surface area contributed by atoms with Crippen molar-refractivity contribution in [1.29, 1.82) is 0 Å². The Hall–Kier alpha value is -2.22. The Kier molecular flexibility index (Phi) is 4.76. The summed E-state index contributed by atoms with van der Waals surface area (Å²) < 4.78 is 10.6. The van der Waals surface area contributed by atoms with Crippen molar-refractivity contribution in [1.82, 2.24) is 15.3 Å². The van der Waals surface area contributed by atoms with E-state index in [4.69, 9.17) is 14.5 Å². The van der Waals surface area contributed by atoms with Gasteiger partial charge in [-0.3, -0.25) is 9.79 Å². The summed E-state index contributed by atoms with van der Waals surface area (Å²) in [5, 5.41) is 4.95. The zero-order valence-electron chi connectivity index (χ0n) is 14.9. The highest BCUT2D eigenvalue weighted by molar-refractivity contribution is 8.13. The summed E-state index contributed by atoms with van der Waals surface area (Å²) >= 11 is 1.59. The Morgan fingerprint density at radius 1 is 1.19 bits per heavy atom. The average molecular weight is 374 g/mol. The molecule has 1 aromatic carbocycles. The van der Waals surface area contributed by atoms with E-state index in [1.807, 2.05) is 0 Å². The fourth-order valence-electron chi connectivity index (χ4n) is 3.58. The van der Waals surface area contributed by atoms with E-state index in [9.17, 15) is 4.79 Å². The fourth-order valence-corrected chi connectivity index (χ4v) is 4.43. The molecule has 2 aliphatic rings. The predicted octanol–water partition coefficient (Wildman–Crippen LogP) is 2.44. The number of ether oxygens (including phenoxy) is 2. The number of nitrogens with one attached hydrogen (secondary N) is 2. The summed E-state index contributed by atoms with van der Waals surface area (Å²) in [5.41, 5.74) is 0.415. The van der Waals surface area contributed by atoms with E-state index in [-0.39, 0.29) is 5.56 Å². The lowest BCUT2D eigenvalue weighted by Crippen LogP contribution is -2.36. The molecule has 0 bridgehead atoms. The first kappa shape index (κ1) is 17.2. The number of thioether (sulfide) groups is 1. The minimum atomic E-state index is -0.179. The van der Waals surface area contributed by atoms with Gasteiger partial charge in [-0.1, -0.05) is 24.6 Å². The summed E-state index contributed by atoms with van der Waals surface area (Å²) in [5.74, 6) is 2.26. The quantitative estimate of drug-likeness (QED) is 0.855. The second kappa shape index (κ2) is 7.19. The van der Waals surface area contributed by atoms with Gasteiger partial charge >= 0.3 is 0 Å². The Bertz CT molecular complexity index is 911. The van der Waals surface area contributed by atoms with E-state index in [0.29, 0.717) is 46.1 Å². The van der Waals surface area contributed by atoms with Crippen molar-refractivity contribution < 1.29 is 9.47 Å². The molecular weight excluding hydrogens is 352 g/mol. The lowest BCUT2D eigenvalue weighted by atomic mass is 9.92. The zero-order valence-corrected chi connectivity index (χ0v) is 15.7. The van der Waals surface area contributed by atoms with Gasteiger partial charge in [0.2, 0.25) is 0 Å². The molecule has 0 amide bonds. The third-order valence-electron chi connectivity index (χ3n) is 4.93. The summed E-state index contributed by atoms with van der Waals surface area (Å²) in [4.78, 5) is 24.6. The number of fused-ring (bicyclic) bond motifs is 2. The molecule has 8 heteroatoms. The third kappa shape index (κ3) is 3.25. The van der Waals surface area contributed by atoms with Crippen molar-refractivity contribution in [3.63, 3.8) is 0 Å². The van der Waals surface area contributed by atoms with Gasteiger partial charge in [-0.05, 0) is 18.9 Å². The number of aromatic nitrogens is 2. The number of methoxy groups -OCH3 is 2. The minimum Gasteiger partial charge on any atom is -0.493 e. The Balaban J connectivity index is 1.54. The van der Waals surface area contributed by atoms with E-state index >= 15 is 0 Å². The molecule has 26 heavy (non-hydrogen) atoms. The number of amidine groups is 1. The zero-order chi connectivity index (χ0) is 18.1. The predicted molar refractivity (Wildman–Crippen MR) is 103 cm³/mol. The standard InChI is InChI=1S/C18H22N4O3S/c1-24-14-7-10-13(8-15(14)25-2)19-16(22-17(10)23)9-26-18-20-11-5-3-4-6-12(11)21-18/h7-8,11-12H,3-6,9H2,1-2H3,(H,20,21)(H,19,22,23)/t11-,12+. The molecule has 0 unspecified atom stereocenters. The lowest BCUT2D eigenvalue weighted by Gasteiger charge is -2.23. The van der Waals surface area contributed by atoms with Gasteiger partial charge in [-0.25, -0.2) is 4.98 Å². The van der Waals surface area contributed by atoms with Gasteiger partial charge in [-0.15, -0.1) is 0 Å². The van der Waals surface area contributed by atoms with E-state index in [1.54, 1.807) is 38.1 Å².